The third kappa shape index (κ3) is 2.90. The van der Waals surface area contributed by atoms with Gasteiger partial charge in [0, 0.05) is 6.54 Å². The van der Waals surface area contributed by atoms with Crippen LogP contribution >= 0.6 is 0 Å². The van der Waals surface area contributed by atoms with E-state index in [9.17, 15) is 4.79 Å². The molecule has 1 saturated heterocycles. The van der Waals surface area contributed by atoms with Crippen molar-refractivity contribution in [3.8, 4) is 5.75 Å². The van der Waals surface area contributed by atoms with Gasteiger partial charge in [-0.15, -0.1) is 0 Å². The van der Waals surface area contributed by atoms with E-state index >= 15 is 0 Å². The van der Waals surface area contributed by atoms with E-state index in [1.165, 1.54) is 0 Å². The van der Waals surface area contributed by atoms with Gasteiger partial charge < -0.3 is 10.1 Å². The molecule has 0 spiro atoms. The Morgan fingerprint density at radius 2 is 1.71 bits per heavy atom. The number of piperazine rings is 1. The van der Waals surface area contributed by atoms with Gasteiger partial charge in [0.25, 0.3) is 0 Å². The summed E-state index contributed by atoms with van der Waals surface area (Å²) in [4.78, 5) is 12.1. The Hall–Kier alpha value is -2.33. The van der Waals surface area contributed by atoms with E-state index in [2.05, 4.69) is 10.6 Å². The van der Waals surface area contributed by atoms with Gasteiger partial charge in [-0.25, -0.2) is 0 Å². The van der Waals surface area contributed by atoms with Crippen molar-refractivity contribution < 1.29 is 9.53 Å². The third-order valence-electron chi connectivity index (χ3n) is 3.76. The molecule has 0 unspecified atom stereocenters. The van der Waals surface area contributed by atoms with Gasteiger partial charge >= 0.3 is 0 Å². The summed E-state index contributed by atoms with van der Waals surface area (Å²) in [6.45, 7) is 0.592. The second-order valence-corrected chi connectivity index (χ2v) is 5.08. The van der Waals surface area contributed by atoms with Crippen molar-refractivity contribution in [1.29, 1.82) is 0 Å². The number of benzene rings is 2. The number of carbonyl (C=O) groups excluding carboxylic acids is 1. The minimum atomic E-state index is -0.313. The predicted molar refractivity (Wildman–Crippen MR) is 81.1 cm³/mol. The molecule has 1 heterocycles. The van der Waals surface area contributed by atoms with Crippen molar-refractivity contribution in [3.63, 3.8) is 0 Å². The zero-order valence-corrected chi connectivity index (χ0v) is 11.9. The highest BCUT2D eigenvalue weighted by Gasteiger charge is 2.29. The SMILES string of the molecule is COc1ccc([C@H]2CNC(=O)[C@H](c3ccccc3)N2)cc1. The maximum absolute atomic E-state index is 12.1. The van der Waals surface area contributed by atoms with Crippen LogP contribution in [0.5, 0.6) is 5.75 Å². The molecule has 0 radical (unpaired) electrons. The van der Waals surface area contributed by atoms with Crippen LogP contribution in [0.15, 0.2) is 54.6 Å². The number of methoxy groups -OCH3 is 1. The van der Waals surface area contributed by atoms with Crippen LogP contribution in [0.3, 0.4) is 0 Å². The lowest BCUT2D eigenvalue weighted by molar-refractivity contribution is -0.125. The van der Waals surface area contributed by atoms with Gasteiger partial charge in [0.1, 0.15) is 11.8 Å². The summed E-state index contributed by atoms with van der Waals surface area (Å²) < 4.78 is 5.17. The van der Waals surface area contributed by atoms with E-state index in [4.69, 9.17) is 4.74 Å². The maximum atomic E-state index is 12.1. The predicted octanol–water partition coefficient (Wildman–Crippen LogP) is 2.20. The Kier molecular flexibility index (Phi) is 3.88. The average molecular weight is 282 g/mol. The molecule has 3 rings (SSSR count). The Morgan fingerprint density at radius 3 is 2.38 bits per heavy atom. The molecule has 2 atom stereocenters. The van der Waals surface area contributed by atoms with Crippen LogP contribution < -0.4 is 15.4 Å². The first-order valence-electron chi connectivity index (χ1n) is 7.00. The molecule has 1 amide bonds. The van der Waals surface area contributed by atoms with Gasteiger partial charge in [-0.1, -0.05) is 42.5 Å². The molecule has 4 nitrogen and oxygen atoms in total. The largest absolute Gasteiger partial charge is 0.497 e. The second-order valence-electron chi connectivity index (χ2n) is 5.08. The van der Waals surface area contributed by atoms with E-state index in [0.29, 0.717) is 6.54 Å². The lowest BCUT2D eigenvalue weighted by Gasteiger charge is -2.31. The quantitative estimate of drug-likeness (QED) is 0.907. The molecule has 0 aromatic heterocycles. The summed E-state index contributed by atoms with van der Waals surface area (Å²) >= 11 is 0. The fourth-order valence-electron chi connectivity index (χ4n) is 2.58. The molecule has 2 aromatic rings. The molecule has 2 N–H and O–H groups in total. The summed E-state index contributed by atoms with van der Waals surface area (Å²) in [7, 11) is 1.65. The molecule has 21 heavy (non-hydrogen) atoms. The normalized spacial score (nSPS) is 21.7. The van der Waals surface area contributed by atoms with E-state index < -0.39 is 0 Å². The minimum Gasteiger partial charge on any atom is -0.497 e. The van der Waals surface area contributed by atoms with Crippen molar-refractivity contribution in [2.75, 3.05) is 13.7 Å². The first-order chi connectivity index (χ1) is 10.3. The summed E-state index contributed by atoms with van der Waals surface area (Å²) in [6.07, 6.45) is 0. The van der Waals surface area contributed by atoms with E-state index in [1.807, 2.05) is 54.6 Å². The summed E-state index contributed by atoms with van der Waals surface area (Å²) in [5, 5.41) is 6.40. The van der Waals surface area contributed by atoms with E-state index in [1.54, 1.807) is 7.11 Å². The standard InChI is InChI=1S/C17H18N2O2/c1-21-14-9-7-12(8-10-14)15-11-18-17(20)16(19-15)13-5-3-2-4-6-13/h2-10,15-16,19H,11H2,1H3,(H,18,20)/t15-,16+/m1/s1. The topological polar surface area (TPSA) is 50.4 Å². The summed E-state index contributed by atoms with van der Waals surface area (Å²) in [6, 6.07) is 17.5. The number of nitrogens with one attached hydrogen (secondary N) is 2. The molecule has 108 valence electrons. The minimum absolute atomic E-state index is 0.0194. The lowest BCUT2D eigenvalue weighted by Crippen LogP contribution is -2.49. The first kappa shape index (κ1) is 13.6. The van der Waals surface area contributed by atoms with Crippen LogP contribution in [0.4, 0.5) is 0 Å². The van der Waals surface area contributed by atoms with Gasteiger partial charge in [-0.3, -0.25) is 10.1 Å². The van der Waals surface area contributed by atoms with Crippen molar-refractivity contribution >= 4 is 5.91 Å². The highest BCUT2D eigenvalue weighted by Crippen LogP contribution is 2.24. The Balaban J connectivity index is 1.80. The fourth-order valence-corrected chi connectivity index (χ4v) is 2.58. The molecule has 0 saturated carbocycles. The maximum Gasteiger partial charge on any atom is 0.241 e. The number of amides is 1. The summed E-state index contributed by atoms with van der Waals surface area (Å²) in [5.41, 5.74) is 2.12. The third-order valence-corrected chi connectivity index (χ3v) is 3.76. The van der Waals surface area contributed by atoms with Crippen molar-refractivity contribution in [2.24, 2.45) is 0 Å². The van der Waals surface area contributed by atoms with Gasteiger partial charge in [0.2, 0.25) is 5.91 Å². The molecular formula is C17H18N2O2. The van der Waals surface area contributed by atoms with Crippen LogP contribution in [-0.2, 0) is 4.79 Å². The Bertz CT molecular complexity index is 610. The smallest absolute Gasteiger partial charge is 0.241 e. The number of hydrogen-bond acceptors (Lipinski definition) is 3. The van der Waals surface area contributed by atoms with Crippen molar-refractivity contribution in [2.45, 2.75) is 12.1 Å². The highest BCUT2D eigenvalue weighted by atomic mass is 16.5. The van der Waals surface area contributed by atoms with Crippen LogP contribution in [0.2, 0.25) is 0 Å². The Morgan fingerprint density at radius 1 is 1.00 bits per heavy atom. The zero-order chi connectivity index (χ0) is 14.7. The van der Waals surface area contributed by atoms with Crippen LogP contribution in [0, 0.1) is 0 Å². The highest BCUT2D eigenvalue weighted by molar-refractivity contribution is 5.84. The van der Waals surface area contributed by atoms with Crippen LogP contribution in [0.25, 0.3) is 0 Å². The summed E-state index contributed by atoms with van der Waals surface area (Å²) in [5.74, 6) is 0.851. The van der Waals surface area contributed by atoms with Gasteiger partial charge in [0.15, 0.2) is 0 Å². The van der Waals surface area contributed by atoms with E-state index in [0.717, 1.165) is 16.9 Å². The van der Waals surface area contributed by atoms with E-state index in [-0.39, 0.29) is 18.0 Å². The van der Waals surface area contributed by atoms with Crippen LogP contribution in [0.1, 0.15) is 23.2 Å². The second kappa shape index (κ2) is 5.97. The van der Waals surface area contributed by atoms with Gasteiger partial charge in [0.05, 0.1) is 13.2 Å². The lowest BCUT2D eigenvalue weighted by atomic mass is 9.98. The molecule has 1 fully saturated rings. The van der Waals surface area contributed by atoms with Gasteiger partial charge in [-0.2, -0.15) is 0 Å². The first-order valence-corrected chi connectivity index (χ1v) is 7.00. The fraction of sp³-hybridized carbons (Fsp3) is 0.235. The average Bonchev–Trinajstić information content (AvgIpc) is 2.56. The molecule has 0 aliphatic carbocycles. The number of rotatable bonds is 3. The molecule has 4 heteroatoms. The Labute approximate surface area is 124 Å². The van der Waals surface area contributed by atoms with Crippen molar-refractivity contribution in [3.05, 3.63) is 65.7 Å². The van der Waals surface area contributed by atoms with Crippen LogP contribution in [-0.4, -0.2) is 19.6 Å². The molecule has 1 aliphatic rings. The monoisotopic (exact) mass is 282 g/mol. The molecule has 0 bridgehead atoms. The molecule has 2 aromatic carbocycles. The van der Waals surface area contributed by atoms with Gasteiger partial charge in [-0.05, 0) is 23.3 Å². The zero-order valence-electron chi connectivity index (χ0n) is 11.9. The van der Waals surface area contributed by atoms with Crippen molar-refractivity contribution in [1.82, 2.24) is 10.6 Å². The number of carbonyl (C=O) groups is 1. The molecule has 1 aliphatic heterocycles. The number of hydrogen-bond donors (Lipinski definition) is 2. The number of ether oxygens (including phenoxy) is 1. The molecular weight excluding hydrogens is 264 g/mol.